The Morgan fingerprint density at radius 1 is 1.33 bits per heavy atom. The highest BCUT2D eigenvalue weighted by Gasteiger charge is 2.12. The van der Waals surface area contributed by atoms with Crippen LogP contribution in [0.15, 0.2) is 45.8 Å². The van der Waals surface area contributed by atoms with Crippen LogP contribution in [0.2, 0.25) is 5.02 Å². The van der Waals surface area contributed by atoms with E-state index in [0.29, 0.717) is 33.0 Å². The van der Waals surface area contributed by atoms with E-state index >= 15 is 0 Å². The van der Waals surface area contributed by atoms with E-state index in [1.54, 1.807) is 25.3 Å². The van der Waals surface area contributed by atoms with Gasteiger partial charge >= 0.3 is 5.97 Å². The molecule has 124 valence electrons. The molecule has 2 heterocycles. The molecule has 6 nitrogen and oxygen atoms in total. The second-order valence-electron chi connectivity index (χ2n) is 4.85. The number of nitrogens with one attached hydrogen (secondary N) is 1. The number of benzene rings is 1. The molecule has 24 heavy (non-hydrogen) atoms. The molecule has 0 saturated heterocycles. The van der Waals surface area contributed by atoms with Gasteiger partial charge in [-0.15, -0.1) is 0 Å². The van der Waals surface area contributed by atoms with Crippen molar-refractivity contribution in [3.05, 3.63) is 41.4 Å². The van der Waals surface area contributed by atoms with Gasteiger partial charge in [0.05, 0.1) is 12.9 Å². The van der Waals surface area contributed by atoms with E-state index in [1.165, 1.54) is 0 Å². The summed E-state index contributed by atoms with van der Waals surface area (Å²) in [6, 6.07) is 10.7. The summed E-state index contributed by atoms with van der Waals surface area (Å²) < 4.78 is 11.0. The topological polar surface area (TPSA) is 88.4 Å². The van der Waals surface area contributed by atoms with E-state index in [2.05, 4.69) is 10.2 Å². The predicted octanol–water partition coefficient (Wildman–Crippen LogP) is 4.18. The van der Waals surface area contributed by atoms with Gasteiger partial charge in [0.25, 0.3) is 0 Å². The lowest BCUT2D eigenvalue weighted by Gasteiger charge is -2.03. The molecule has 0 bridgehead atoms. The summed E-state index contributed by atoms with van der Waals surface area (Å²) in [6.45, 7) is 0. The van der Waals surface area contributed by atoms with E-state index in [-0.39, 0.29) is 5.75 Å². The highest BCUT2D eigenvalue weighted by Crippen LogP contribution is 2.32. The third-order valence-electron chi connectivity index (χ3n) is 3.16. The Balaban J connectivity index is 1.83. The summed E-state index contributed by atoms with van der Waals surface area (Å²) in [7, 11) is 1.57. The highest BCUT2D eigenvalue weighted by atomic mass is 35.5. The van der Waals surface area contributed by atoms with Crippen LogP contribution < -0.4 is 4.74 Å². The van der Waals surface area contributed by atoms with Crippen molar-refractivity contribution in [2.75, 3.05) is 12.9 Å². The molecule has 0 aliphatic rings. The van der Waals surface area contributed by atoms with Crippen molar-refractivity contribution in [2.45, 2.75) is 5.03 Å². The third kappa shape index (κ3) is 3.74. The standard InChI is InChI=1S/C16H13ClN2O4S/c1-22-11-5-9(4-10(17)6-11)13-2-3-14(23-13)12-7-15(19-18-12)24-8-16(20)21/h2-7H,8H2,1H3,(H,18,19)(H,20,21). The number of carboxylic acid groups (broad SMARTS) is 1. The van der Waals surface area contributed by atoms with E-state index < -0.39 is 5.97 Å². The van der Waals surface area contributed by atoms with Crippen LogP contribution in [0.1, 0.15) is 0 Å². The zero-order valence-electron chi connectivity index (χ0n) is 12.6. The molecule has 0 aliphatic carbocycles. The molecule has 0 spiro atoms. The number of methoxy groups -OCH3 is 1. The number of thioether (sulfide) groups is 1. The van der Waals surface area contributed by atoms with Crippen LogP contribution >= 0.6 is 23.4 Å². The van der Waals surface area contributed by atoms with Crippen LogP contribution in [0.5, 0.6) is 5.75 Å². The van der Waals surface area contributed by atoms with Gasteiger partial charge in [0.15, 0.2) is 5.76 Å². The first kappa shape index (κ1) is 16.5. The van der Waals surface area contributed by atoms with Gasteiger partial charge < -0.3 is 14.3 Å². The number of aromatic nitrogens is 2. The third-order valence-corrected chi connectivity index (χ3v) is 4.28. The highest BCUT2D eigenvalue weighted by molar-refractivity contribution is 7.99. The lowest BCUT2D eigenvalue weighted by atomic mass is 10.1. The maximum absolute atomic E-state index is 10.6. The fourth-order valence-corrected chi connectivity index (χ4v) is 2.91. The molecular formula is C16H13ClN2O4S. The van der Waals surface area contributed by atoms with E-state index in [4.69, 9.17) is 25.9 Å². The molecule has 2 N–H and O–H groups in total. The van der Waals surface area contributed by atoms with Crippen LogP contribution in [0.3, 0.4) is 0 Å². The van der Waals surface area contributed by atoms with E-state index in [0.717, 1.165) is 17.3 Å². The maximum atomic E-state index is 10.6. The van der Waals surface area contributed by atoms with Gasteiger partial charge in [-0.2, -0.15) is 5.10 Å². The number of carbonyl (C=O) groups is 1. The molecule has 8 heteroatoms. The first-order chi connectivity index (χ1) is 11.5. The van der Waals surface area contributed by atoms with E-state index in [9.17, 15) is 4.79 Å². The Morgan fingerprint density at radius 2 is 2.12 bits per heavy atom. The monoisotopic (exact) mass is 364 g/mol. The molecule has 0 atom stereocenters. The van der Waals surface area contributed by atoms with Crippen molar-refractivity contribution in [3.8, 4) is 28.5 Å². The smallest absolute Gasteiger partial charge is 0.313 e. The zero-order chi connectivity index (χ0) is 17.1. The van der Waals surface area contributed by atoms with Gasteiger partial charge in [0.2, 0.25) is 0 Å². The maximum Gasteiger partial charge on any atom is 0.313 e. The number of ether oxygens (including phenoxy) is 1. The molecule has 2 aromatic heterocycles. The minimum Gasteiger partial charge on any atom is -0.497 e. The number of hydrogen-bond acceptors (Lipinski definition) is 5. The van der Waals surface area contributed by atoms with Gasteiger partial charge in [-0.25, -0.2) is 0 Å². The zero-order valence-corrected chi connectivity index (χ0v) is 14.1. The van der Waals surface area contributed by atoms with Crippen molar-refractivity contribution in [1.82, 2.24) is 10.2 Å². The summed E-state index contributed by atoms with van der Waals surface area (Å²) in [4.78, 5) is 10.6. The molecule has 0 unspecified atom stereocenters. The average Bonchev–Trinajstić information content (AvgIpc) is 3.21. The number of carboxylic acids is 1. The Labute approximate surface area is 146 Å². The van der Waals surface area contributed by atoms with Crippen molar-refractivity contribution >= 4 is 29.3 Å². The second-order valence-corrected chi connectivity index (χ2v) is 6.28. The van der Waals surface area contributed by atoms with Crippen molar-refractivity contribution in [3.63, 3.8) is 0 Å². The molecule has 3 aromatic rings. The minimum atomic E-state index is -0.889. The van der Waals surface area contributed by atoms with Crippen LogP contribution in [-0.4, -0.2) is 34.1 Å². The second kappa shape index (κ2) is 7.02. The van der Waals surface area contributed by atoms with E-state index in [1.807, 2.05) is 18.2 Å². The number of halogens is 1. The Hall–Kier alpha value is -2.38. The number of nitrogens with zero attached hydrogens (tertiary/aromatic N) is 1. The van der Waals surface area contributed by atoms with Gasteiger partial charge in [0.1, 0.15) is 22.2 Å². The van der Waals surface area contributed by atoms with Gasteiger partial charge in [-0.3, -0.25) is 9.89 Å². The molecule has 1 aromatic carbocycles. The molecule has 0 radical (unpaired) electrons. The Bertz CT molecular complexity index is 875. The number of hydrogen-bond donors (Lipinski definition) is 2. The summed E-state index contributed by atoms with van der Waals surface area (Å²) in [5, 5.41) is 16.7. The first-order valence-corrected chi connectivity index (χ1v) is 8.26. The molecule has 0 aliphatic heterocycles. The summed E-state index contributed by atoms with van der Waals surface area (Å²) in [5.41, 5.74) is 1.47. The van der Waals surface area contributed by atoms with Gasteiger partial charge in [-0.1, -0.05) is 23.4 Å². The molecule has 0 amide bonds. The lowest BCUT2D eigenvalue weighted by molar-refractivity contribution is -0.133. The minimum absolute atomic E-state index is 0.0456. The fourth-order valence-electron chi connectivity index (χ4n) is 2.10. The van der Waals surface area contributed by atoms with Crippen molar-refractivity contribution in [2.24, 2.45) is 0 Å². The Morgan fingerprint density at radius 3 is 2.88 bits per heavy atom. The number of H-pyrrole nitrogens is 1. The number of furan rings is 1. The van der Waals surface area contributed by atoms with Gasteiger partial charge in [0, 0.05) is 16.7 Å². The number of aliphatic carboxylic acids is 1. The quantitative estimate of drug-likeness (QED) is 0.638. The largest absolute Gasteiger partial charge is 0.497 e. The Kier molecular flexibility index (Phi) is 4.82. The number of rotatable bonds is 6. The summed E-state index contributed by atoms with van der Waals surface area (Å²) in [5.74, 6) is 0.943. The van der Waals surface area contributed by atoms with Crippen LogP contribution in [0, 0.1) is 0 Å². The van der Waals surface area contributed by atoms with Crippen LogP contribution in [-0.2, 0) is 4.79 Å². The molecule has 0 fully saturated rings. The molecule has 0 saturated carbocycles. The predicted molar refractivity (Wildman–Crippen MR) is 91.6 cm³/mol. The average molecular weight is 365 g/mol. The van der Waals surface area contributed by atoms with Crippen molar-refractivity contribution in [1.29, 1.82) is 0 Å². The lowest BCUT2D eigenvalue weighted by Crippen LogP contribution is -1.97. The van der Waals surface area contributed by atoms with Crippen LogP contribution in [0.4, 0.5) is 0 Å². The normalized spacial score (nSPS) is 10.8. The molecular weight excluding hydrogens is 352 g/mol. The SMILES string of the molecule is COc1cc(Cl)cc(-c2ccc(-c3cc(SCC(=O)O)n[nH]3)o2)c1. The van der Waals surface area contributed by atoms with Gasteiger partial charge in [-0.05, 0) is 30.3 Å². The summed E-state index contributed by atoms with van der Waals surface area (Å²) in [6.07, 6.45) is 0. The first-order valence-electron chi connectivity index (χ1n) is 6.90. The summed E-state index contributed by atoms with van der Waals surface area (Å²) >= 11 is 7.21. The number of aromatic amines is 1. The van der Waals surface area contributed by atoms with Crippen LogP contribution in [0.25, 0.3) is 22.8 Å². The molecule has 3 rings (SSSR count). The van der Waals surface area contributed by atoms with Crippen molar-refractivity contribution < 1.29 is 19.1 Å². The fraction of sp³-hybridized carbons (Fsp3) is 0.125.